The molecule has 2 saturated heterocycles. The lowest BCUT2D eigenvalue weighted by Gasteiger charge is -2.36. The molecule has 3 amide bonds. The molecule has 0 atom stereocenters. The van der Waals surface area contributed by atoms with Gasteiger partial charge in [0.1, 0.15) is 6.54 Å². The van der Waals surface area contributed by atoms with Crippen molar-refractivity contribution in [3.05, 3.63) is 86.5 Å². The minimum Gasteiger partial charge on any atom is -0.368 e. The Labute approximate surface area is 235 Å². The zero-order chi connectivity index (χ0) is 27.0. The monoisotopic (exact) mass is 568 g/mol. The Morgan fingerprint density at radius 1 is 0.921 bits per heavy atom. The van der Waals surface area contributed by atoms with E-state index in [2.05, 4.69) is 4.90 Å². The molecular weight excluding hydrogens is 543 g/mol. The number of benzene rings is 2. The van der Waals surface area contributed by atoms with Gasteiger partial charge in [0.05, 0.1) is 15.0 Å². The van der Waals surface area contributed by atoms with E-state index in [1.54, 1.807) is 23.1 Å². The smallest absolute Gasteiger partial charge is 0.294 e. The second-order valence-corrected chi connectivity index (χ2v) is 11.0. The number of carbonyl (C=O) groups is 3. The molecular formula is C28H26Cl2N4O3S. The number of piperazine rings is 1. The highest BCUT2D eigenvalue weighted by Gasteiger charge is 2.37. The Bertz CT molecular complexity index is 1450. The van der Waals surface area contributed by atoms with E-state index in [-0.39, 0.29) is 12.5 Å². The van der Waals surface area contributed by atoms with Gasteiger partial charge in [-0.05, 0) is 73.6 Å². The fourth-order valence-electron chi connectivity index (χ4n) is 4.82. The van der Waals surface area contributed by atoms with E-state index >= 15 is 0 Å². The van der Waals surface area contributed by atoms with Crippen LogP contribution >= 0.6 is 35.0 Å². The van der Waals surface area contributed by atoms with Crippen LogP contribution < -0.4 is 4.90 Å². The number of anilines is 1. The first-order valence-corrected chi connectivity index (χ1v) is 13.8. The normalized spacial score (nSPS) is 17.2. The summed E-state index contributed by atoms with van der Waals surface area (Å²) in [5, 5.41) is 0.487. The molecule has 3 heterocycles. The quantitative estimate of drug-likeness (QED) is 0.365. The lowest BCUT2D eigenvalue weighted by atomic mass is 10.2. The molecule has 0 bridgehead atoms. The number of aryl methyl sites for hydroxylation is 1. The van der Waals surface area contributed by atoms with Gasteiger partial charge >= 0.3 is 0 Å². The van der Waals surface area contributed by atoms with Gasteiger partial charge in [-0.2, -0.15) is 0 Å². The van der Waals surface area contributed by atoms with E-state index in [4.69, 9.17) is 23.2 Å². The number of rotatable bonds is 5. The molecule has 196 valence electrons. The molecule has 2 aliphatic rings. The van der Waals surface area contributed by atoms with Gasteiger partial charge in [-0.15, -0.1) is 0 Å². The van der Waals surface area contributed by atoms with Crippen molar-refractivity contribution in [1.29, 1.82) is 0 Å². The molecule has 7 nitrogen and oxygen atoms in total. The first-order valence-electron chi connectivity index (χ1n) is 12.2. The van der Waals surface area contributed by atoms with Gasteiger partial charge in [-0.25, -0.2) is 0 Å². The van der Waals surface area contributed by atoms with Gasteiger partial charge in [0.15, 0.2) is 0 Å². The van der Waals surface area contributed by atoms with Crippen LogP contribution in [0.4, 0.5) is 10.5 Å². The number of thioether (sulfide) groups is 1. The van der Waals surface area contributed by atoms with Crippen LogP contribution in [-0.2, 0) is 9.59 Å². The SMILES string of the molecule is Cc1cc(/C=C2\SC(=O)N(CC(=O)N3CCN(c4ccccc4)CC3)C2=O)c(C)n1-c1ccc(Cl)c(Cl)c1. The number of imide groups is 1. The fraction of sp³-hybridized carbons (Fsp3) is 0.250. The zero-order valence-electron chi connectivity index (χ0n) is 21.0. The molecule has 5 rings (SSSR count). The first kappa shape index (κ1) is 26.4. The second-order valence-electron chi connectivity index (χ2n) is 9.23. The van der Waals surface area contributed by atoms with E-state index in [1.165, 1.54) is 0 Å². The molecule has 2 aliphatic heterocycles. The van der Waals surface area contributed by atoms with Crippen molar-refractivity contribution < 1.29 is 14.4 Å². The number of para-hydroxylation sites is 1. The lowest BCUT2D eigenvalue weighted by molar-refractivity contribution is -0.136. The molecule has 2 aromatic carbocycles. The highest BCUT2D eigenvalue weighted by molar-refractivity contribution is 8.18. The minimum absolute atomic E-state index is 0.223. The summed E-state index contributed by atoms with van der Waals surface area (Å²) in [5.41, 5.74) is 4.60. The van der Waals surface area contributed by atoms with Crippen LogP contribution in [0.25, 0.3) is 11.8 Å². The van der Waals surface area contributed by atoms with Crippen LogP contribution in [0.1, 0.15) is 17.0 Å². The van der Waals surface area contributed by atoms with Crippen molar-refractivity contribution in [3.63, 3.8) is 0 Å². The van der Waals surface area contributed by atoms with E-state index in [9.17, 15) is 14.4 Å². The number of aromatic nitrogens is 1. The third-order valence-electron chi connectivity index (χ3n) is 6.84. The zero-order valence-corrected chi connectivity index (χ0v) is 23.3. The largest absolute Gasteiger partial charge is 0.368 e. The molecule has 0 aliphatic carbocycles. The lowest BCUT2D eigenvalue weighted by Crippen LogP contribution is -2.51. The number of nitrogens with zero attached hydrogens (tertiary/aromatic N) is 4. The molecule has 0 radical (unpaired) electrons. The Morgan fingerprint density at radius 2 is 1.63 bits per heavy atom. The summed E-state index contributed by atoms with van der Waals surface area (Å²) in [5.74, 6) is -0.672. The second kappa shape index (κ2) is 10.9. The Morgan fingerprint density at radius 3 is 2.32 bits per heavy atom. The molecule has 3 aromatic rings. The Balaban J connectivity index is 1.27. The highest BCUT2D eigenvalue weighted by atomic mass is 35.5. The fourth-order valence-corrected chi connectivity index (χ4v) is 5.94. The van der Waals surface area contributed by atoms with Crippen molar-refractivity contribution in [2.75, 3.05) is 37.6 Å². The maximum atomic E-state index is 13.1. The topological polar surface area (TPSA) is 65.9 Å². The maximum Gasteiger partial charge on any atom is 0.294 e. The summed E-state index contributed by atoms with van der Waals surface area (Å²) in [6.45, 7) is 6.12. The minimum atomic E-state index is -0.449. The molecule has 0 unspecified atom stereocenters. The third kappa shape index (κ3) is 5.21. The summed E-state index contributed by atoms with van der Waals surface area (Å²) >= 11 is 13.1. The van der Waals surface area contributed by atoms with Crippen LogP contribution in [0.2, 0.25) is 10.0 Å². The molecule has 0 N–H and O–H groups in total. The number of carbonyl (C=O) groups excluding carboxylic acids is 3. The Hall–Kier alpha value is -3.20. The average molecular weight is 570 g/mol. The van der Waals surface area contributed by atoms with E-state index in [0.29, 0.717) is 41.1 Å². The van der Waals surface area contributed by atoms with Crippen molar-refractivity contribution in [3.8, 4) is 5.69 Å². The summed E-state index contributed by atoms with van der Waals surface area (Å²) in [4.78, 5) is 44.1. The average Bonchev–Trinajstić information content (AvgIpc) is 3.34. The highest BCUT2D eigenvalue weighted by Crippen LogP contribution is 2.34. The Kier molecular flexibility index (Phi) is 7.56. The van der Waals surface area contributed by atoms with Gasteiger partial charge in [0.2, 0.25) is 5.91 Å². The number of hydrogen-bond acceptors (Lipinski definition) is 5. The standard InChI is InChI=1S/C28H26Cl2N4O3S/c1-18-14-20(19(2)34(18)22-8-9-23(29)24(30)16-22)15-25-27(36)33(28(37)38-25)17-26(35)32-12-10-31(11-13-32)21-6-4-3-5-7-21/h3-9,14-16H,10-13,17H2,1-2H3/b25-15-. The molecule has 38 heavy (non-hydrogen) atoms. The number of hydrogen-bond donors (Lipinski definition) is 0. The van der Waals surface area contributed by atoms with Crippen molar-refractivity contribution >= 4 is 63.8 Å². The third-order valence-corrected chi connectivity index (χ3v) is 8.49. The van der Waals surface area contributed by atoms with E-state index in [1.807, 2.05) is 60.9 Å². The van der Waals surface area contributed by atoms with Gasteiger partial charge < -0.3 is 14.4 Å². The van der Waals surface area contributed by atoms with Gasteiger partial charge in [-0.1, -0.05) is 41.4 Å². The number of amides is 3. The predicted molar refractivity (Wildman–Crippen MR) is 153 cm³/mol. The first-order chi connectivity index (χ1) is 18.2. The summed E-state index contributed by atoms with van der Waals surface area (Å²) in [6, 6.07) is 17.4. The van der Waals surface area contributed by atoms with Crippen LogP contribution in [0.5, 0.6) is 0 Å². The van der Waals surface area contributed by atoms with Crippen LogP contribution in [-0.4, -0.2) is 64.1 Å². The van der Waals surface area contributed by atoms with E-state index in [0.717, 1.165) is 45.0 Å². The van der Waals surface area contributed by atoms with Gasteiger partial charge in [0, 0.05) is 48.9 Å². The van der Waals surface area contributed by atoms with Gasteiger partial charge in [0.25, 0.3) is 11.1 Å². The molecule has 0 saturated carbocycles. The summed E-state index contributed by atoms with van der Waals surface area (Å²) < 4.78 is 2.01. The van der Waals surface area contributed by atoms with Crippen molar-refractivity contribution in [2.24, 2.45) is 0 Å². The summed E-state index contributed by atoms with van der Waals surface area (Å²) in [7, 11) is 0. The van der Waals surface area contributed by atoms with E-state index < -0.39 is 11.1 Å². The van der Waals surface area contributed by atoms with Crippen LogP contribution in [0, 0.1) is 13.8 Å². The maximum absolute atomic E-state index is 13.1. The number of halogens is 2. The van der Waals surface area contributed by atoms with Crippen molar-refractivity contribution in [2.45, 2.75) is 13.8 Å². The predicted octanol–water partition coefficient (Wildman–Crippen LogP) is 5.79. The van der Waals surface area contributed by atoms with Crippen LogP contribution in [0.3, 0.4) is 0 Å². The summed E-state index contributed by atoms with van der Waals surface area (Å²) in [6.07, 6.45) is 1.71. The van der Waals surface area contributed by atoms with Crippen molar-refractivity contribution in [1.82, 2.24) is 14.4 Å². The van der Waals surface area contributed by atoms with Gasteiger partial charge in [-0.3, -0.25) is 19.3 Å². The molecule has 2 fully saturated rings. The van der Waals surface area contributed by atoms with Crippen LogP contribution in [0.15, 0.2) is 59.5 Å². The molecule has 10 heteroatoms. The molecule has 0 spiro atoms. The molecule has 1 aromatic heterocycles.